The molecule has 0 radical (unpaired) electrons. The molecule has 6 nitrogen and oxygen atoms in total. The second-order valence-corrected chi connectivity index (χ2v) is 8.95. The molecule has 1 aliphatic rings. The summed E-state index contributed by atoms with van der Waals surface area (Å²) < 4.78 is 28.4. The molecule has 1 aromatic rings. The number of rotatable bonds is 5. The van der Waals surface area contributed by atoms with E-state index in [2.05, 4.69) is 10.0 Å². The van der Waals surface area contributed by atoms with Gasteiger partial charge in [-0.1, -0.05) is 0 Å². The van der Waals surface area contributed by atoms with Gasteiger partial charge in [0, 0.05) is 38.6 Å². The number of amides is 1. The SMILES string of the molecule is Cc1c(C)c(C)c(S(=O)(=O)NCCC(=O)N2CCNCC2C)c(C)c1C. The predicted molar refractivity (Wildman–Crippen MR) is 104 cm³/mol. The number of nitrogens with one attached hydrogen (secondary N) is 2. The average Bonchev–Trinajstić information content (AvgIpc) is 2.58. The minimum Gasteiger partial charge on any atom is -0.337 e. The molecule has 0 saturated carbocycles. The van der Waals surface area contributed by atoms with Crippen LogP contribution in [0.15, 0.2) is 4.90 Å². The van der Waals surface area contributed by atoms with Gasteiger partial charge in [0.25, 0.3) is 0 Å². The molecular formula is C19H31N3O3S. The Labute approximate surface area is 157 Å². The highest BCUT2D eigenvalue weighted by Crippen LogP contribution is 2.29. The smallest absolute Gasteiger partial charge is 0.241 e. The van der Waals surface area contributed by atoms with Crippen LogP contribution in [0, 0.1) is 34.6 Å². The Hall–Kier alpha value is -1.44. The molecule has 0 spiro atoms. The van der Waals surface area contributed by atoms with Gasteiger partial charge in [-0.3, -0.25) is 4.79 Å². The molecule has 1 unspecified atom stereocenters. The molecule has 1 aromatic carbocycles. The number of benzene rings is 1. The van der Waals surface area contributed by atoms with Crippen LogP contribution in [0.2, 0.25) is 0 Å². The number of carbonyl (C=O) groups is 1. The predicted octanol–water partition coefficient (Wildman–Crippen LogP) is 1.72. The fourth-order valence-corrected chi connectivity index (χ4v) is 5.22. The second kappa shape index (κ2) is 8.06. The van der Waals surface area contributed by atoms with Crippen molar-refractivity contribution in [2.24, 2.45) is 0 Å². The molecule has 0 aromatic heterocycles. The van der Waals surface area contributed by atoms with E-state index < -0.39 is 10.0 Å². The van der Waals surface area contributed by atoms with E-state index in [1.807, 2.05) is 46.4 Å². The molecule has 1 fully saturated rings. The van der Waals surface area contributed by atoms with Crippen LogP contribution in [0.1, 0.15) is 41.2 Å². The van der Waals surface area contributed by atoms with Gasteiger partial charge in [0.15, 0.2) is 0 Å². The highest BCUT2D eigenvalue weighted by molar-refractivity contribution is 7.89. The summed E-state index contributed by atoms with van der Waals surface area (Å²) in [6.07, 6.45) is 0.172. The van der Waals surface area contributed by atoms with Gasteiger partial charge >= 0.3 is 0 Å². The van der Waals surface area contributed by atoms with E-state index in [9.17, 15) is 13.2 Å². The van der Waals surface area contributed by atoms with E-state index in [1.54, 1.807) is 0 Å². The molecule has 7 heteroatoms. The summed E-state index contributed by atoms with van der Waals surface area (Å²) in [5.41, 5.74) is 4.68. The van der Waals surface area contributed by atoms with E-state index in [4.69, 9.17) is 0 Å². The van der Waals surface area contributed by atoms with Crippen LogP contribution >= 0.6 is 0 Å². The van der Waals surface area contributed by atoms with Crippen molar-refractivity contribution < 1.29 is 13.2 Å². The molecule has 26 heavy (non-hydrogen) atoms. The van der Waals surface area contributed by atoms with E-state index in [0.29, 0.717) is 11.4 Å². The van der Waals surface area contributed by atoms with Gasteiger partial charge in [-0.2, -0.15) is 0 Å². The zero-order valence-electron chi connectivity index (χ0n) is 16.7. The van der Waals surface area contributed by atoms with Gasteiger partial charge in [-0.15, -0.1) is 0 Å². The Balaban J connectivity index is 2.12. The van der Waals surface area contributed by atoms with Crippen molar-refractivity contribution in [3.05, 3.63) is 27.8 Å². The summed E-state index contributed by atoms with van der Waals surface area (Å²) in [5, 5.41) is 3.24. The van der Waals surface area contributed by atoms with Crippen molar-refractivity contribution in [3.8, 4) is 0 Å². The molecular weight excluding hydrogens is 350 g/mol. The van der Waals surface area contributed by atoms with Crippen molar-refractivity contribution in [1.82, 2.24) is 14.9 Å². The quantitative estimate of drug-likeness (QED) is 0.814. The first-order valence-electron chi connectivity index (χ1n) is 9.14. The van der Waals surface area contributed by atoms with Crippen molar-refractivity contribution in [2.75, 3.05) is 26.2 Å². The third-order valence-electron chi connectivity index (χ3n) is 5.65. The number of carbonyl (C=O) groups excluding carboxylic acids is 1. The van der Waals surface area contributed by atoms with Gasteiger partial charge in [-0.05, 0) is 69.4 Å². The molecule has 0 aliphatic carbocycles. The molecule has 1 atom stereocenters. The zero-order chi connectivity index (χ0) is 19.6. The molecule has 146 valence electrons. The molecule has 0 bridgehead atoms. The summed E-state index contributed by atoms with van der Waals surface area (Å²) in [5.74, 6) is -0.00795. The van der Waals surface area contributed by atoms with Gasteiger partial charge in [0.2, 0.25) is 15.9 Å². The van der Waals surface area contributed by atoms with Gasteiger partial charge in [0.1, 0.15) is 0 Å². The summed E-state index contributed by atoms with van der Waals surface area (Å²) >= 11 is 0. The number of sulfonamides is 1. The second-order valence-electron chi connectivity index (χ2n) is 7.24. The van der Waals surface area contributed by atoms with Crippen LogP contribution in [0.4, 0.5) is 0 Å². The third kappa shape index (κ3) is 4.10. The summed E-state index contributed by atoms with van der Waals surface area (Å²) in [7, 11) is -3.66. The van der Waals surface area contributed by atoms with Gasteiger partial charge in [-0.25, -0.2) is 13.1 Å². The standard InChI is InChI=1S/C19H31N3O3S/c1-12-11-20-9-10-22(12)18(23)7-8-21-26(24,25)19-16(5)14(3)13(2)15(4)17(19)6/h12,20-21H,7-11H2,1-6H3. The van der Waals surface area contributed by atoms with Crippen LogP contribution < -0.4 is 10.0 Å². The summed E-state index contributed by atoms with van der Waals surface area (Å²) in [6.45, 7) is 13.9. The Morgan fingerprint density at radius 3 is 2.15 bits per heavy atom. The van der Waals surface area contributed by atoms with Crippen molar-refractivity contribution in [2.45, 2.75) is 58.9 Å². The van der Waals surface area contributed by atoms with Crippen LogP contribution in [-0.4, -0.2) is 51.4 Å². The first kappa shape index (κ1) is 20.9. The fraction of sp³-hybridized carbons (Fsp3) is 0.632. The molecule has 1 aliphatic heterocycles. The molecule has 2 N–H and O–H groups in total. The minimum absolute atomic E-state index is 0.00795. The van der Waals surface area contributed by atoms with E-state index in [1.165, 1.54) is 0 Å². The summed E-state index contributed by atoms with van der Waals surface area (Å²) in [6, 6.07) is 0.139. The van der Waals surface area contributed by atoms with Crippen molar-refractivity contribution in [1.29, 1.82) is 0 Å². The van der Waals surface area contributed by atoms with Crippen molar-refractivity contribution in [3.63, 3.8) is 0 Å². The number of hydrogen-bond donors (Lipinski definition) is 2. The normalized spacial score (nSPS) is 18.2. The van der Waals surface area contributed by atoms with E-state index >= 15 is 0 Å². The zero-order valence-corrected chi connectivity index (χ0v) is 17.5. The van der Waals surface area contributed by atoms with Gasteiger partial charge in [0.05, 0.1) is 4.90 Å². The summed E-state index contributed by atoms with van der Waals surface area (Å²) in [4.78, 5) is 14.6. The fourth-order valence-electron chi connectivity index (χ4n) is 3.59. The Kier molecular flexibility index (Phi) is 6.47. The Morgan fingerprint density at radius 2 is 1.62 bits per heavy atom. The lowest BCUT2D eigenvalue weighted by atomic mass is 9.95. The monoisotopic (exact) mass is 381 g/mol. The van der Waals surface area contributed by atoms with Gasteiger partial charge < -0.3 is 10.2 Å². The lowest BCUT2D eigenvalue weighted by Gasteiger charge is -2.34. The number of piperazine rings is 1. The topological polar surface area (TPSA) is 78.5 Å². The molecule has 1 heterocycles. The molecule has 2 rings (SSSR count). The average molecular weight is 382 g/mol. The maximum atomic E-state index is 12.9. The molecule has 1 saturated heterocycles. The van der Waals surface area contributed by atoms with E-state index in [0.717, 1.165) is 40.9 Å². The maximum Gasteiger partial charge on any atom is 0.241 e. The van der Waals surface area contributed by atoms with Crippen molar-refractivity contribution >= 4 is 15.9 Å². The van der Waals surface area contributed by atoms with Crippen LogP contribution in [0.5, 0.6) is 0 Å². The Morgan fingerprint density at radius 1 is 1.08 bits per heavy atom. The number of hydrogen-bond acceptors (Lipinski definition) is 4. The first-order chi connectivity index (χ1) is 12.1. The third-order valence-corrected chi connectivity index (χ3v) is 7.39. The highest BCUT2D eigenvalue weighted by Gasteiger charge is 2.25. The first-order valence-corrected chi connectivity index (χ1v) is 10.6. The van der Waals surface area contributed by atoms with Crippen LogP contribution in [0.25, 0.3) is 0 Å². The van der Waals surface area contributed by atoms with Crippen LogP contribution in [0.3, 0.4) is 0 Å². The largest absolute Gasteiger partial charge is 0.337 e. The lowest BCUT2D eigenvalue weighted by molar-refractivity contribution is -0.133. The minimum atomic E-state index is -3.66. The maximum absolute atomic E-state index is 12.9. The molecule has 1 amide bonds. The highest BCUT2D eigenvalue weighted by atomic mass is 32.2. The lowest BCUT2D eigenvalue weighted by Crippen LogP contribution is -2.52. The van der Waals surface area contributed by atoms with Crippen LogP contribution in [-0.2, 0) is 14.8 Å². The van der Waals surface area contributed by atoms with E-state index in [-0.39, 0.29) is 24.9 Å². The number of nitrogens with zero attached hydrogens (tertiary/aromatic N) is 1. The Bertz CT molecular complexity index is 774.